The fourth-order valence-electron chi connectivity index (χ4n) is 3.85. The Bertz CT molecular complexity index is 637. The molecule has 2 N–H and O–H groups in total. The van der Waals surface area contributed by atoms with Gasteiger partial charge < -0.3 is 25.0 Å². The first-order valence-corrected chi connectivity index (χ1v) is 9.67. The number of anilines is 2. The van der Waals surface area contributed by atoms with E-state index in [1.807, 2.05) is 19.9 Å². The number of amides is 2. The van der Waals surface area contributed by atoms with Crippen LogP contribution in [0.15, 0.2) is 18.2 Å². The van der Waals surface area contributed by atoms with Crippen molar-refractivity contribution in [2.75, 3.05) is 36.5 Å². The van der Waals surface area contributed by atoms with E-state index < -0.39 is 0 Å². The molecule has 2 heterocycles. The maximum Gasteiger partial charge on any atom is 0.322 e. The Labute approximate surface area is 156 Å². The van der Waals surface area contributed by atoms with Crippen LogP contribution in [0.25, 0.3) is 0 Å². The van der Waals surface area contributed by atoms with Crippen molar-refractivity contribution >= 4 is 17.4 Å². The maximum atomic E-state index is 12.7. The summed E-state index contributed by atoms with van der Waals surface area (Å²) in [5.41, 5.74) is 3.13. The summed E-state index contributed by atoms with van der Waals surface area (Å²) in [5.74, 6) is 0. The van der Waals surface area contributed by atoms with Crippen molar-refractivity contribution in [3.05, 3.63) is 23.8 Å². The second-order valence-electron chi connectivity index (χ2n) is 7.61. The molecule has 2 aliphatic heterocycles. The Morgan fingerprint density at radius 3 is 2.81 bits per heavy atom. The number of aliphatic hydroxyl groups excluding tert-OH is 1. The highest BCUT2D eigenvalue weighted by Gasteiger charge is 2.29. The van der Waals surface area contributed by atoms with E-state index in [-0.39, 0.29) is 24.8 Å². The number of hydrogen-bond acceptors (Lipinski definition) is 4. The predicted octanol–water partition coefficient (Wildman–Crippen LogP) is 2.99. The average molecular weight is 361 g/mol. The van der Waals surface area contributed by atoms with Crippen molar-refractivity contribution in [3.8, 4) is 0 Å². The fraction of sp³-hybridized carbons (Fsp3) is 0.650. The summed E-state index contributed by atoms with van der Waals surface area (Å²) < 4.78 is 5.51. The summed E-state index contributed by atoms with van der Waals surface area (Å²) >= 11 is 0. The molecular formula is C20H31N3O3. The number of morpholine rings is 1. The second-order valence-corrected chi connectivity index (χ2v) is 7.61. The van der Waals surface area contributed by atoms with Crippen LogP contribution in [0.3, 0.4) is 0 Å². The number of urea groups is 1. The van der Waals surface area contributed by atoms with E-state index in [1.165, 1.54) is 24.9 Å². The molecule has 0 bridgehead atoms. The molecular weight excluding hydrogens is 330 g/mol. The number of nitrogens with zero attached hydrogens (tertiary/aromatic N) is 2. The lowest BCUT2D eigenvalue weighted by Gasteiger charge is -2.37. The number of piperidine rings is 1. The number of aryl methyl sites for hydroxylation is 1. The molecule has 1 aromatic carbocycles. The third kappa shape index (κ3) is 4.13. The number of carbonyl (C=O) groups excluding carboxylic acids is 1. The van der Waals surface area contributed by atoms with Gasteiger partial charge in [-0.1, -0.05) is 0 Å². The Kier molecular flexibility index (Phi) is 6.04. The van der Waals surface area contributed by atoms with Crippen LogP contribution in [0.5, 0.6) is 0 Å². The Balaban J connectivity index is 1.68. The van der Waals surface area contributed by atoms with Gasteiger partial charge in [-0.2, -0.15) is 0 Å². The molecule has 6 nitrogen and oxygen atoms in total. The first kappa shape index (κ1) is 19.0. The summed E-state index contributed by atoms with van der Waals surface area (Å²) in [5, 5.41) is 12.3. The van der Waals surface area contributed by atoms with Crippen LogP contribution in [-0.2, 0) is 4.74 Å². The average Bonchev–Trinajstić information content (AvgIpc) is 2.64. The highest BCUT2D eigenvalue weighted by Crippen LogP contribution is 2.28. The monoisotopic (exact) mass is 361 g/mol. The minimum absolute atomic E-state index is 0.00780. The third-order valence-electron chi connectivity index (χ3n) is 5.56. The number of hydrogen-bond donors (Lipinski definition) is 2. The number of ether oxygens (including phenoxy) is 1. The van der Waals surface area contributed by atoms with Gasteiger partial charge in [0, 0.05) is 24.0 Å². The molecule has 2 saturated heterocycles. The van der Waals surface area contributed by atoms with Crippen LogP contribution in [0.1, 0.15) is 38.7 Å². The number of nitrogens with one attached hydrogen (secondary N) is 1. The Hall–Kier alpha value is -1.79. The van der Waals surface area contributed by atoms with Gasteiger partial charge in [-0.05, 0) is 63.8 Å². The molecule has 0 aliphatic carbocycles. The fourth-order valence-corrected chi connectivity index (χ4v) is 3.85. The van der Waals surface area contributed by atoms with Crippen molar-refractivity contribution in [2.45, 2.75) is 58.2 Å². The topological polar surface area (TPSA) is 65.0 Å². The van der Waals surface area contributed by atoms with Gasteiger partial charge in [0.25, 0.3) is 0 Å². The van der Waals surface area contributed by atoms with Crippen molar-refractivity contribution in [2.24, 2.45) is 0 Å². The predicted molar refractivity (Wildman–Crippen MR) is 104 cm³/mol. The first-order valence-electron chi connectivity index (χ1n) is 9.67. The summed E-state index contributed by atoms with van der Waals surface area (Å²) in [6.07, 6.45) is 3.47. The lowest BCUT2D eigenvalue weighted by atomic mass is 10.0. The molecule has 3 rings (SSSR count). The van der Waals surface area contributed by atoms with E-state index in [1.54, 1.807) is 4.90 Å². The highest BCUT2D eigenvalue weighted by molar-refractivity contribution is 5.90. The van der Waals surface area contributed by atoms with Crippen molar-refractivity contribution < 1.29 is 14.6 Å². The lowest BCUT2D eigenvalue weighted by Crippen LogP contribution is -2.53. The van der Waals surface area contributed by atoms with Crippen LogP contribution in [-0.4, -0.2) is 60.5 Å². The molecule has 1 aromatic rings. The molecule has 6 heteroatoms. The molecule has 0 spiro atoms. The van der Waals surface area contributed by atoms with Gasteiger partial charge in [0.15, 0.2) is 0 Å². The zero-order valence-corrected chi connectivity index (χ0v) is 16.1. The van der Waals surface area contributed by atoms with Crippen LogP contribution in [0.4, 0.5) is 16.2 Å². The van der Waals surface area contributed by atoms with E-state index in [0.29, 0.717) is 19.2 Å². The molecule has 144 valence electrons. The molecule has 2 amide bonds. The third-order valence-corrected chi connectivity index (χ3v) is 5.56. The summed E-state index contributed by atoms with van der Waals surface area (Å²) in [6, 6.07) is 6.68. The molecule has 3 unspecified atom stereocenters. The van der Waals surface area contributed by atoms with E-state index in [2.05, 4.69) is 29.3 Å². The van der Waals surface area contributed by atoms with Crippen LogP contribution in [0.2, 0.25) is 0 Å². The molecule has 0 saturated carbocycles. The highest BCUT2D eigenvalue weighted by atomic mass is 16.5. The van der Waals surface area contributed by atoms with E-state index in [4.69, 9.17) is 4.74 Å². The van der Waals surface area contributed by atoms with Gasteiger partial charge in [-0.3, -0.25) is 0 Å². The van der Waals surface area contributed by atoms with E-state index >= 15 is 0 Å². The minimum atomic E-state index is -0.305. The van der Waals surface area contributed by atoms with Gasteiger partial charge in [0.2, 0.25) is 0 Å². The molecule has 26 heavy (non-hydrogen) atoms. The van der Waals surface area contributed by atoms with Crippen molar-refractivity contribution in [1.29, 1.82) is 0 Å². The van der Waals surface area contributed by atoms with Gasteiger partial charge in [-0.25, -0.2) is 4.79 Å². The van der Waals surface area contributed by atoms with E-state index in [0.717, 1.165) is 17.8 Å². The molecule has 2 aliphatic rings. The van der Waals surface area contributed by atoms with Crippen LogP contribution in [0, 0.1) is 6.92 Å². The van der Waals surface area contributed by atoms with Gasteiger partial charge in [0.1, 0.15) is 0 Å². The summed E-state index contributed by atoms with van der Waals surface area (Å²) in [4.78, 5) is 16.9. The molecule has 3 atom stereocenters. The maximum absolute atomic E-state index is 12.7. The molecule has 2 fully saturated rings. The standard InChI is InChI=1S/C20H31N3O3/c1-14-10-17(22-9-5-4-6-15(22)2)7-8-19(14)21-20(25)23-11-18(12-24)26-13-16(23)3/h7-8,10,15-16,18,24H,4-6,9,11-13H2,1-3H3,(H,21,25). The normalized spacial score (nSPS) is 26.7. The number of rotatable bonds is 3. The second kappa shape index (κ2) is 8.27. The smallest absolute Gasteiger partial charge is 0.322 e. The van der Waals surface area contributed by atoms with Gasteiger partial charge in [0.05, 0.1) is 31.9 Å². The quantitative estimate of drug-likeness (QED) is 0.869. The van der Waals surface area contributed by atoms with Crippen LogP contribution >= 0.6 is 0 Å². The summed E-state index contributed by atoms with van der Waals surface area (Å²) in [7, 11) is 0. The Morgan fingerprint density at radius 2 is 2.12 bits per heavy atom. The van der Waals surface area contributed by atoms with Crippen molar-refractivity contribution in [1.82, 2.24) is 4.90 Å². The van der Waals surface area contributed by atoms with Crippen molar-refractivity contribution in [3.63, 3.8) is 0 Å². The first-order chi connectivity index (χ1) is 12.5. The number of carbonyl (C=O) groups is 1. The number of benzene rings is 1. The summed E-state index contributed by atoms with van der Waals surface area (Å²) in [6.45, 7) is 8.16. The van der Waals surface area contributed by atoms with Gasteiger partial charge in [-0.15, -0.1) is 0 Å². The SMILES string of the molecule is Cc1cc(N2CCCCC2C)ccc1NC(=O)N1CC(CO)OCC1C. The van der Waals surface area contributed by atoms with Gasteiger partial charge >= 0.3 is 6.03 Å². The number of aliphatic hydroxyl groups is 1. The zero-order valence-electron chi connectivity index (χ0n) is 16.1. The lowest BCUT2D eigenvalue weighted by molar-refractivity contribution is -0.0611. The molecule has 0 aromatic heterocycles. The zero-order chi connectivity index (χ0) is 18.7. The van der Waals surface area contributed by atoms with E-state index in [9.17, 15) is 9.90 Å². The molecule has 0 radical (unpaired) electrons. The Morgan fingerprint density at radius 1 is 1.31 bits per heavy atom. The van der Waals surface area contributed by atoms with Crippen LogP contribution < -0.4 is 10.2 Å². The minimum Gasteiger partial charge on any atom is -0.394 e. The largest absolute Gasteiger partial charge is 0.394 e.